The molecule has 150 valence electrons. The largest absolute Gasteiger partial charge is 0.489 e. The van der Waals surface area contributed by atoms with Gasteiger partial charge in [-0.2, -0.15) is 8.78 Å². The van der Waals surface area contributed by atoms with Crippen molar-refractivity contribution < 1.29 is 27.8 Å². The fourth-order valence-electron chi connectivity index (χ4n) is 2.93. The lowest BCUT2D eigenvalue weighted by atomic mass is 10.0. The summed E-state index contributed by atoms with van der Waals surface area (Å²) in [6.07, 6.45) is 3.95. The number of benzene rings is 2. The van der Waals surface area contributed by atoms with Gasteiger partial charge in [-0.05, 0) is 60.4 Å². The van der Waals surface area contributed by atoms with E-state index in [1.807, 2.05) is 24.3 Å². The van der Waals surface area contributed by atoms with Crippen LogP contribution in [0.1, 0.15) is 29.5 Å². The van der Waals surface area contributed by atoms with Crippen LogP contribution in [-0.2, 0) is 28.8 Å². The van der Waals surface area contributed by atoms with Crippen molar-refractivity contribution in [1.29, 1.82) is 0 Å². The van der Waals surface area contributed by atoms with Crippen LogP contribution in [-0.4, -0.2) is 26.3 Å². The maximum atomic E-state index is 12.6. The maximum absolute atomic E-state index is 12.6. The molecule has 0 aliphatic heterocycles. The first-order valence-corrected chi connectivity index (χ1v) is 9.38. The molecule has 0 amide bonds. The molecule has 0 aromatic heterocycles. The molecule has 0 bridgehead atoms. The van der Waals surface area contributed by atoms with Crippen LogP contribution in [0.3, 0.4) is 0 Å². The fraction of sp³-hybridized carbons (Fsp3) is 0.409. The van der Waals surface area contributed by atoms with E-state index in [4.69, 9.17) is 9.47 Å². The summed E-state index contributed by atoms with van der Waals surface area (Å²) < 4.78 is 40.2. The van der Waals surface area contributed by atoms with Crippen LogP contribution in [0.2, 0.25) is 0 Å². The lowest BCUT2D eigenvalue weighted by Gasteiger charge is -2.14. The summed E-state index contributed by atoms with van der Waals surface area (Å²) in [5.41, 5.74) is 2.97. The smallest absolute Gasteiger partial charge is 0.387 e. The lowest BCUT2D eigenvalue weighted by molar-refractivity contribution is -0.139. The molecule has 28 heavy (non-hydrogen) atoms. The number of carbonyl (C=O) groups is 1. The number of ether oxygens (including phenoxy) is 3. The van der Waals surface area contributed by atoms with Gasteiger partial charge in [0, 0.05) is 0 Å². The van der Waals surface area contributed by atoms with Crippen LogP contribution in [0.4, 0.5) is 8.78 Å². The minimum atomic E-state index is -2.88. The van der Waals surface area contributed by atoms with E-state index in [2.05, 4.69) is 4.74 Å². The number of hydrogen-bond acceptors (Lipinski definition) is 4. The molecule has 0 radical (unpaired) electrons. The first-order valence-electron chi connectivity index (χ1n) is 9.38. The van der Waals surface area contributed by atoms with Gasteiger partial charge in [-0.1, -0.05) is 30.3 Å². The van der Waals surface area contributed by atoms with Crippen molar-refractivity contribution in [1.82, 2.24) is 0 Å². The molecular weight excluding hydrogens is 366 g/mol. The molecule has 1 saturated carbocycles. The Morgan fingerprint density at radius 3 is 2.43 bits per heavy atom. The zero-order chi connectivity index (χ0) is 19.9. The Morgan fingerprint density at radius 2 is 1.75 bits per heavy atom. The van der Waals surface area contributed by atoms with Crippen LogP contribution in [0, 0.1) is 5.92 Å². The molecule has 0 spiro atoms. The molecule has 4 nitrogen and oxygen atoms in total. The van der Waals surface area contributed by atoms with E-state index in [9.17, 15) is 13.6 Å². The van der Waals surface area contributed by atoms with Crippen molar-refractivity contribution in [3.8, 4) is 11.5 Å². The van der Waals surface area contributed by atoms with E-state index in [1.54, 1.807) is 12.1 Å². The van der Waals surface area contributed by atoms with Gasteiger partial charge in [0.15, 0.2) is 11.5 Å². The second-order valence-corrected chi connectivity index (χ2v) is 6.99. The monoisotopic (exact) mass is 390 g/mol. The molecule has 0 unspecified atom stereocenters. The highest BCUT2D eigenvalue weighted by Gasteiger charge is 2.23. The Bertz CT molecular complexity index is 803. The minimum Gasteiger partial charge on any atom is -0.489 e. The van der Waals surface area contributed by atoms with Crippen molar-refractivity contribution in [2.75, 3.05) is 13.7 Å². The number of esters is 1. The number of hydrogen-bond donors (Lipinski definition) is 0. The third kappa shape index (κ3) is 6.22. The molecule has 1 fully saturated rings. The van der Waals surface area contributed by atoms with Gasteiger partial charge >= 0.3 is 12.6 Å². The van der Waals surface area contributed by atoms with Gasteiger partial charge in [0.1, 0.15) is 0 Å². The van der Waals surface area contributed by atoms with Crippen molar-refractivity contribution in [3.63, 3.8) is 0 Å². The quantitative estimate of drug-likeness (QED) is 0.557. The summed E-state index contributed by atoms with van der Waals surface area (Å²) in [4.78, 5) is 11.4. The highest BCUT2D eigenvalue weighted by molar-refractivity contribution is 5.72. The van der Waals surface area contributed by atoms with E-state index >= 15 is 0 Å². The predicted octanol–water partition coefficient (Wildman–Crippen LogP) is 4.58. The molecule has 1 aliphatic rings. The van der Waals surface area contributed by atoms with Crippen molar-refractivity contribution in [3.05, 3.63) is 59.2 Å². The molecular formula is C22H24F2O4. The highest BCUT2D eigenvalue weighted by atomic mass is 19.3. The Balaban J connectivity index is 1.65. The average molecular weight is 390 g/mol. The Hall–Kier alpha value is -2.63. The van der Waals surface area contributed by atoms with Crippen molar-refractivity contribution >= 4 is 5.97 Å². The first kappa shape index (κ1) is 20.1. The van der Waals surface area contributed by atoms with Crippen LogP contribution in [0.25, 0.3) is 0 Å². The molecule has 6 heteroatoms. The maximum Gasteiger partial charge on any atom is 0.387 e. The van der Waals surface area contributed by atoms with Gasteiger partial charge < -0.3 is 14.2 Å². The second kappa shape index (κ2) is 9.53. The molecule has 2 aromatic carbocycles. The fourth-order valence-corrected chi connectivity index (χ4v) is 2.93. The van der Waals surface area contributed by atoms with Gasteiger partial charge in [-0.3, -0.25) is 4.79 Å². The number of halogens is 2. The van der Waals surface area contributed by atoms with Crippen LogP contribution in [0.5, 0.6) is 11.5 Å². The summed E-state index contributed by atoms with van der Waals surface area (Å²) in [5, 5.41) is 0. The Morgan fingerprint density at radius 1 is 1.04 bits per heavy atom. The number of alkyl halides is 2. The summed E-state index contributed by atoms with van der Waals surface area (Å²) >= 11 is 0. The van der Waals surface area contributed by atoms with E-state index in [0.29, 0.717) is 18.3 Å². The van der Waals surface area contributed by atoms with Crippen LogP contribution in [0.15, 0.2) is 42.5 Å². The summed E-state index contributed by atoms with van der Waals surface area (Å²) in [7, 11) is 1.37. The zero-order valence-electron chi connectivity index (χ0n) is 15.8. The van der Waals surface area contributed by atoms with E-state index in [0.717, 1.165) is 42.4 Å². The topological polar surface area (TPSA) is 44.8 Å². The standard InChI is InChI=1S/C22H24F2O4/c1-26-21(25)13-18-4-2-3-15(11-18)5-6-16-9-10-19(28-22(23)24)20(12-16)27-14-17-7-8-17/h2-4,9-12,17,22H,5-8,13-14H2,1H3. The number of aryl methyl sites for hydroxylation is 2. The molecule has 2 aromatic rings. The van der Waals surface area contributed by atoms with Gasteiger partial charge in [-0.15, -0.1) is 0 Å². The number of methoxy groups -OCH3 is 1. The Kier molecular flexibility index (Phi) is 6.85. The van der Waals surface area contributed by atoms with Gasteiger partial charge in [0.2, 0.25) is 0 Å². The van der Waals surface area contributed by atoms with E-state index in [-0.39, 0.29) is 18.1 Å². The third-order valence-corrected chi connectivity index (χ3v) is 4.67. The summed E-state index contributed by atoms with van der Waals surface area (Å²) in [6.45, 7) is -2.36. The normalized spacial score (nSPS) is 13.4. The average Bonchev–Trinajstić information content (AvgIpc) is 3.50. The van der Waals surface area contributed by atoms with Gasteiger partial charge in [0.05, 0.1) is 20.1 Å². The molecule has 0 saturated heterocycles. The van der Waals surface area contributed by atoms with Crippen molar-refractivity contribution in [2.45, 2.75) is 38.7 Å². The first-order chi connectivity index (χ1) is 13.5. The highest BCUT2D eigenvalue weighted by Crippen LogP contribution is 2.34. The predicted molar refractivity (Wildman–Crippen MR) is 101 cm³/mol. The van der Waals surface area contributed by atoms with E-state index in [1.165, 1.54) is 13.2 Å². The Labute approximate surface area is 163 Å². The van der Waals surface area contributed by atoms with Gasteiger partial charge in [-0.25, -0.2) is 0 Å². The summed E-state index contributed by atoms with van der Waals surface area (Å²) in [5.74, 6) is 0.674. The zero-order valence-corrected chi connectivity index (χ0v) is 15.8. The van der Waals surface area contributed by atoms with Crippen LogP contribution >= 0.6 is 0 Å². The van der Waals surface area contributed by atoms with E-state index < -0.39 is 6.61 Å². The number of rotatable bonds is 10. The molecule has 1 aliphatic carbocycles. The SMILES string of the molecule is COC(=O)Cc1cccc(CCc2ccc(OC(F)F)c(OCC3CC3)c2)c1. The molecule has 3 rings (SSSR count). The molecule has 0 heterocycles. The van der Waals surface area contributed by atoms with Gasteiger partial charge in [0.25, 0.3) is 0 Å². The minimum absolute atomic E-state index is 0.0690. The molecule has 0 N–H and O–H groups in total. The second-order valence-electron chi connectivity index (χ2n) is 6.99. The van der Waals surface area contributed by atoms with Crippen LogP contribution < -0.4 is 9.47 Å². The lowest BCUT2D eigenvalue weighted by Crippen LogP contribution is -2.07. The molecule has 0 atom stereocenters. The van der Waals surface area contributed by atoms with Crippen molar-refractivity contribution in [2.24, 2.45) is 5.92 Å². The summed E-state index contributed by atoms with van der Waals surface area (Å²) in [6, 6.07) is 12.9. The number of carbonyl (C=O) groups excluding carboxylic acids is 1. The third-order valence-electron chi connectivity index (χ3n) is 4.67.